The average molecular weight is 968 g/mol. The van der Waals surface area contributed by atoms with Gasteiger partial charge in [0.15, 0.2) is 0 Å². The van der Waals surface area contributed by atoms with Crippen LogP contribution in [0.15, 0.2) is 146 Å². The number of ether oxygens (including phenoxy) is 4. The number of hydrogen-bond acceptors (Lipinski definition) is 10. The summed E-state index contributed by atoms with van der Waals surface area (Å²) in [5, 5.41) is 2.35. The number of carbonyl (C=O) groups is 6. The van der Waals surface area contributed by atoms with Gasteiger partial charge in [-0.15, -0.1) is 0 Å². The maximum Gasteiger partial charge on any atom is 0.416 e. The normalized spacial score (nSPS) is 14.5. The molecule has 0 aliphatic carbocycles. The van der Waals surface area contributed by atoms with Gasteiger partial charge in [0.1, 0.15) is 26.4 Å². The van der Waals surface area contributed by atoms with Crippen LogP contribution in [0.3, 0.4) is 0 Å². The number of carbonyl (C=O) groups excluding carboxylic acids is 6. The summed E-state index contributed by atoms with van der Waals surface area (Å²) in [6.07, 6.45) is 0.782. The number of nitrogens with zero attached hydrogens (tertiary/aromatic N) is 1. The van der Waals surface area contributed by atoms with E-state index in [2.05, 4.69) is 5.32 Å². The number of nitrogens with one attached hydrogen (secondary N) is 1. The van der Waals surface area contributed by atoms with Crippen molar-refractivity contribution < 1.29 is 47.7 Å². The fourth-order valence-electron chi connectivity index (χ4n) is 7.70. The predicted molar refractivity (Wildman–Crippen MR) is 268 cm³/mol. The molecule has 13 heteroatoms. The zero-order valence-corrected chi connectivity index (χ0v) is 39.8. The van der Waals surface area contributed by atoms with Crippen molar-refractivity contribution in [3.8, 4) is 0 Å². The summed E-state index contributed by atoms with van der Waals surface area (Å²) < 4.78 is 20.7. The number of esters is 2. The van der Waals surface area contributed by atoms with E-state index < -0.39 is 11.3 Å². The lowest BCUT2D eigenvalue weighted by molar-refractivity contribution is -0.128. The molecule has 2 heterocycles. The summed E-state index contributed by atoms with van der Waals surface area (Å²) in [5.74, 6) is -0.997. The van der Waals surface area contributed by atoms with Gasteiger partial charge in [0.2, 0.25) is 11.1 Å². The summed E-state index contributed by atoms with van der Waals surface area (Å²) >= 11 is 5.34. The number of rotatable bonds is 14. The van der Waals surface area contributed by atoms with Gasteiger partial charge in [-0.1, -0.05) is 152 Å². The summed E-state index contributed by atoms with van der Waals surface area (Å²) in [7, 11) is 0. The average Bonchev–Trinajstić information content (AvgIpc) is 3.92. The Bertz CT molecular complexity index is 2730. The van der Waals surface area contributed by atoms with Crippen molar-refractivity contribution in [2.24, 2.45) is 0 Å². The highest BCUT2D eigenvalue weighted by Gasteiger charge is 2.37. The molecule has 2 saturated heterocycles. The monoisotopic (exact) mass is 966 g/mol. The molecule has 0 saturated carbocycles. The van der Waals surface area contributed by atoms with Crippen LogP contribution in [0.2, 0.25) is 0 Å². The van der Waals surface area contributed by atoms with Crippen molar-refractivity contribution in [3.63, 3.8) is 0 Å². The van der Waals surface area contributed by atoms with Gasteiger partial charge < -0.3 is 24.3 Å². The molecule has 12 nitrogen and oxygen atoms in total. The molecule has 0 radical (unpaired) electrons. The number of benzene rings is 6. The molecule has 1 N–H and O–H groups in total. The fourth-order valence-corrected chi connectivity index (χ4v) is 7.86. The number of cyclic esters (lactones) is 2. The van der Waals surface area contributed by atoms with Crippen LogP contribution in [-0.4, -0.2) is 65.5 Å². The van der Waals surface area contributed by atoms with Crippen molar-refractivity contribution >= 4 is 46.9 Å². The predicted octanol–water partition coefficient (Wildman–Crippen LogP) is 10.7. The first-order chi connectivity index (χ1) is 33.2. The van der Waals surface area contributed by atoms with E-state index in [0.29, 0.717) is 24.2 Å². The molecule has 0 spiro atoms. The van der Waals surface area contributed by atoms with E-state index in [4.69, 9.17) is 30.5 Å². The van der Waals surface area contributed by atoms with Crippen LogP contribution in [0.25, 0.3) is 0 Å². The Kier molecular flexibility index (Phi) is 20.0. The highest BCUT2D eigenvalue weighted by Crippen LogP contribution is 2.20. The third-order valence-corrected chi connectivity index (χ3v) is 11.4. The summed E-state index contributed by atoms with van der Waals surface area (Å²) in [4.78, 5) is 72.3. The number of hydrogen-bond donors (Lipinski definition) is 1. The van der Waals surface area contributed by atoms with Crippen LogP contribution in [0.5, 0.6) is 0 Å². The van der Waals surface area contributed by atoms with Crippen molar-refractivity contribution in [1.29, 1.82) is 0 Å². The molecule has 3 amide bonds. The Morgan fingerprint density at radius 3 is 1.47 bits per heavy atom. The Morgan fingerprint density at radius 2 is 1.03 bits per heavy atom. The van der Waals surface area contributed by atoms with E-state index in [-0.39, 0.29) is 76.1 Å². The standard InChI is InChI=1S/C28H27NO5.C18H17ClO3.C10H11NO2.CH4/c1-19-8-13-25(20(2)14-19)27(31)33-17-23-11-9-22(10-12-23)16-26(30)29-24(18-34-28(29)32)15-21-6-4-3-5-7-21;1-12-3-8-16(13(2)9-12)18(21)22-11-15-6-4-14(5-7-15)10-17(19)20;12-10-11-9(7-13-10)6-8-4-2-1-3-5-8;/h3-14,24H,15-18H2,1-2H3;3-9H,10-11H2,1-2H3;1-5,9H,6-7H2,(H,11,12);1H4/t24-;;9-;/m1.1./s1. The Labute approximate surface area is 414 Å². The molecule has 0 aromatic heterocycles. The Morgan fingerprint density at radius 1 is 0.571 bits per heavy atom. The molecular weight excluding hydrogens is 908 g/mol. The molecule has 2 aliphatic heterocycles. The molecule has 2 fully saturated rings. The second-order valence-corrected chi connectivity index (χ2v) is 17.4. The van der Waals surface area contributed by atoms with E-state index in [1.807, 2.05) is 149 Å². The van der Waals surface area contributed by atoms with Crippen LogP contribution in [0.1, 0.15) is 83.8 Å². The highest BCUT2D eigenvalue weighted by atomic mass is 35.5. The molecule has 364 valence electrons. The topological polar surface area (TPSA) is 155 Å². The first kappa shape index (κ1) is 53.4. The SMILES string of the molecule is C.Cc1ccc(C(=O)OCc2ccc(CC(=O)Cl)cc2)c(C)c1.Cc1ccc(C(=O)OCc2ccc(CC(=O)N3C(=O)OC[C@H]3Cc3ccccc3)cc2)c(C)c1.O=C1N[C@H](Cc2ccccc2)CO1. The smallest absolute Gasteiger partial charge is 0.416 e. The first-order valence-electron chi connectivity index (χ1n) is 22.5. The van der Waals surface area contributed by atoms with E-state index >= 15 is 0 Å². The van der Waals surface area contributed by atoms with Crippen LogP contribution in [-0.2, 0) is 67.4 Å². The second kappa shape index (κ2) is 26.3. The Balaban J connectivity index is 0.000000216. The molecule has 0 unspecified atom stereocenters. The molecule has 2 aliphatic rings. The van der Waals surface area contributed by atoms with Gasteiger partial charge in [0, 0.05) is 6.42 Å². The van der Waals surface area contributed by atoms with E-state index in [1.165, 1.54) is 10.5 Å². The highest BCUT2D eigenvalue weighted by molar-refractivity contribution is 6.63. The van der Waals surface area contributed by atoms with E-state index in [1.54, 1.807) is 24.3 Å². The largest absolute Gasteiger partial charge is 0.457 e. The lowest BCUT2D eigenvalue weighted by atomic mass is 10.0. The zero-order chi connectivity index (χ0) is 49.3. The summed E-state index contributed by atoms with van der Waals surface area (Å²) in [6.45, 7) is 8.74. The fraction of sp³-hybridized carbons (Fsp3) is 0.263. The van der Waals surface area contributed by atoms with Crippen molar-refractivity contribution in [2.45, 2.75) is 86.1 Å². The first-order valence-corrected chi connectivity index (χ1v) is 22.9. The second-order valence-electron chi connectivity index (χ2n) is 16.9. The van der Waals surface area contributed by atoms with Gasteiger partial charge >= 0.3 is 24.1 Å². The molecular formula is C57H59ClN2O10. The molecule has 6 aromatic carbocycles. The minimum absolute atomic E-state index is 0. The lowest BCUT2D eigenvalue weighted by Crippen LogP contribution is -2.41. The van der Waals surface area contributed by atoms with Crippen molar-refractivity contribution in [1.82, 2.24) is 10.2 Å². The number of alkyl carbamates (subject to hydrolysis) is 1. The van der Waals surface area contributed by atoms with Gasteiger partial charge in [-0.3, -0.25) is 9.59 Å². The molecule has 6 aromatic rings. The molecule has 70 heavy (non-hydrogen) atoms. The van der Waals surface area contributed by atoms with Gasteiger partial charge in [0.25, 0.3) is 0 Å². The third kappa shape index (κ3) is 16.3. The molecule has 8 rings (SSSR count). The van der Waals surface area contributed by atoms with Crippen molar-refractivity contribution in [3.05, 3.63) is 212 Å². The summed E-state index contributed by atoms with van der Waals surface area (Å²) in [5.41, 5.74) is 10.7. The van der Waals surface area contributed by atoms with Gasteiger partial charge in [-0.05, 0) is 109 Å². The number of halogens is 1. The third-order valence-electron chi connectivity index (χ3n) is 11.3. The minimum atomic E-state index is -0.596. The Hall–Kier alpha value is -7.57. The maximum absolute atomic E-state index is 12.9. The molecule has 0 bridgehead atoms. The van der Waals surface area contributed by atoms with Crippen LogP contribution < -0.4 is 5.32 Å². The van der Waals surface area contributed by atoms with Gasteiger partial charge in [-0.2, -0.15) is 0 Å². The van der Waals surface area contributed by atoms with Crippen LogP contribution in [0.4, 0.5) is 9.59 Å². The zero-order valence-electron chi connectivity index (χ0n) is 39.1. The number of imide groups is 1. The lowest BCUT2D eigenvalue weighted by Gasteiger charge is -2.19. The van der Waals surface area contributed by atoms with Gasteiger partial charge in [-0.25, -0.2) is 24.1 Å². The van der Waals surface area contributed by atoms with Crippen molar-refractivity contribution in [2.75, 3.05) is 13.2 Å². The number of aryl methyl sites for hydroxylation is 4. The quantitative estimate of drug-likeness (QED) is 0.0634. The van der Waals surface area contributed by atoms with Gasteiger partial charge in [0.05, 0.1) is 29.6 Å². The van der Waals surface area contributed by atoms with Crippen LogP contribution >= 0.6 is 11.6 Å². The van der Waals surface area contributed by atoms with E-state index in [0.717, 1.165) is 56.5 Å². The van der Waals surface area contributed by atoms with E-state index in [9.17, 15) is 28.8 Å². The summed E-state index contributed by atoms with van der Waals surface area (Å²) in [6, 6.07) is 45.4. The minimum Gasteiger partial charge on any atom is -0.457 e. The van der Waals surface area contributed by atoms with Crippen LogP contribution in [0, 0.1) is 27.7 Å². The number of amides is 3. The molecule has 2 atom stereocenters. The maximum atomic E-state index is 12.9.